The highest BCUT2D eigenvalue weighted by molar-refractivity contribution is 6.30. The number of piperidine rings is 1. The smallest absolute Gasteiger partial charge is 0.270 e. The lowest BCUT2D eigenvalue weighted by molar-refractivity contribution is 0.0944. The lowest BCUT2D eigenvalue weighted by Crippen LogP contribution is -2.32. The molecule has 4 aromatic rings. The standard InChI is InChI=1S/C29H31ClN4O/c1-3-26-28(34-19-24(30)10-13-27(34)32-26)29(35)31-18-21-6-11-25(12-7-21)33-16-14-23(15-17-33)22-8-4-20(2)5-9-22/h4-13,19,23H,3,14-18H2,1-2H3,(H,31,35). The lowest BCUT2D eigenvalue weighted by atomic mass is 9.89. The van der Waals surface area contributed by atoms with Crippen molar-refractivity contribution in [2.75, 3.05) is 18.0 Å². The Labute approximate surface area is 211 Å². The van der Waals surface area contributed by atoms with Crippen molar-refractivity contribution in [3.8, 4) is 0 Å². The fourth-order valence-electron chi connectivity index (χ4n) is 4.95. The van der Waals surface area contributed by atoms with E-state index in [4.69, 9.17) is 11.6 Å². The predicted molar refractivity (Wildman–Crippen MR) is 143 cm³/mol. The quantitative estimate of drug-likeness (QED) is 0.354. The second kappa shape index (κ2) is 10.1. The second-order valence-corrected chi connectivity index (χ2v) is 9.79. The van der Waals surface area contributed by atoms with Crippen LogP contribution < -0.4 is 10.2 Å². The molecule has 0 bridgehead atoms. The van der Waals surface area contributed by atoms with E-state index in [0.29, 0.717) is 29.6 Å². The first-order chi connectivity index (χ1) is 17.0. The Morgan fingerprint density at radius 3 is 2.43 bits per heavy atom. The largest absolute Gasteiger partial charge is 0.371 e. The highest BCUT2D eigenvalue weighted by Gasteiger charge is 2.21. The number of anilines is 1. The van der Waals surface area contributed by atoms with Gasteiger partial charge in [-0.1, -0.05) is 60.5 Å². The van der Waals surface area contributed by atoms with Crippen molar-refractivity contribution >= 4 is 28.8 Å². The van der Waals surface area contributed by atoms with Crippen LogP contribution in [-0.4, -0.2) is 28.4 Å². The molecular formula is C29H31ClN4O. The molecule has 35 heavy (non-hydrogen) atoms. The van der Waals surface area contributed by atoms with Crippen molar-refractivity contribution in [3.63, 3.8) is 0 Å². The number of hydrogen-bond donors (Lipinski definition) is 1. The molecule has 1 fully saturated rings. The Balaban J connectivity index is 1.20. The van der Waals surface area contributed by atoms with Crippen molar-refractivity contribution in [2.45, 2.75) is 45.6 Å². The number of rotatable bonds is 6. The first kappa shape index (κ1) is 23.4. The van der Waals surface area contributed by atoms with E-state index >= 15 is 0 Å². The third kappa shape index (κ3) is 5.06. The van der Waals surface area contributed by atoms with E-state index in [-0.39, 0.29) is 5.91 Å². The zero-order valence-electron chi connectivity index (χ0n) is 20.3. The minimum atomic E-state index is -0.140. The Morgan fingerprint density at radius 2 is 1.74 bits per heavy atom. The van der Waals surface area contributed by atoms with Crippen molar-refractivity contribution in [2.24, 2.45) is 0 Å². The van der Waals surface area contributed by atoms with E-state index < -0.39 is 0 Å². The summed E-state index contributed by atoms with van der Waals surface area (Å²) in [5.74, 6) is 0.503. The predicted octanol–water partition coefficient (Wildman–Crippen LogP) is 6.17. The molecule has 2 aromatic heterocycles. The summed E-state index contributed by atoms with van der Waals surface area (Å²) >= 11 is 6.16. The van der Waals surface area contributed by atoms with Gasteiger partial charge in [-0.15, -0.1) is 0 Å². The molecule has 0 aliphatic carbocycles. The number of benzene rings is 2. The van der Waals surface area contributed by atoms with E-state index in [2.05, 4.69) is 70.7 Å². The number of nitrogens with zero attached hydrogens (tertiary/aromatic N) is 3. The molecule has 1 aliphatic heterocycles. The minimum Gasteiger partial charge on any atom is -0.371 e. The molecule has 0 saturated carbocycles. The number of nitrogens with one attached hydrogen (secondary N) is 1. The summed E-state index contributed by atoms with van der Waals surface area (Å²) in [5.41, 5.74) is 7.14. The van der Waals surface area contributed by atoms with Gasteiger partial charge in [0.1, 0.15) is 11.3 Å². The fraction of sp³-hybridized carbons (Fsp3) is 0.310. The number of halogens is 1. The van der Waals surface area contributed by atoms with Crippen LogP contribution in [-0.2, 0) is 13.0 Å². The van der Waals surface area contributed by atoms with Gasteiger partial charge >= 0.3 is 0 Å². The summed E-state index contributed by atoms with van der Waals surface area (Å²) in [5, 5.41) is 3.63. The number of imidazole rings is 1. The molecule has 1 aliphatic rings. The summed E-state index contributed by atoms with van der Waals surface area (Å²) in [6.45, 7) is 6.73. The summed E-state index contributed by atoms with van der Waals surface area (Å²) in [4.78, 5) is 20.1. The highest BCUT2D eigenvalue weighted by Crippen LogP contribution is 2.30. The zero-order chi connectivity index (χ0) is 24.4. The zero-order valence-corrected chi connectivity index (χ0v) is 21.1. The summed E-state index contributed by atoms with van der Waals surface area (Å²) in [7, 11) is 0. The molecule has 1 N–H and O–H groups in total. The molecule has 2 aromatic carbocycles. The van der Waals surface area contributed by atoms with E-state index in [1.807, 2.05) is 13.0 Å². The van der Waals surface area contributed by atoms with Gasteiger partial charge in [0.2, 0.25) is 0 Å². The van der Waals surface area contributed by atoms with Crippen LogP contribution in [0.15, 0.2) is 66.9 Å². The van der Waals surface area contributed by atoms with Crippen LogP contribution in [0.3, 0.4) is 0 Å². The van der Waals surface area contributed by atoms with Crippen LogP contribution in [0.5, 0.6) is 0 Å². The normalized spacial score (nSPS) is 14.4. The van der Waals surface area contributed by atoms with Gasteiger partial charge in [-0.25, -0.2) is 4.98 Å². The summed E-state index contributed by atoms with van der Waals surface area (Å²) in [6, 6.07) is 21.2. The van der Waals surface area contributed by atoms with Crippen molar-refractivity contribution in [1.29, 1.82) is 0 Å². The Morgan fingerprint density at radius 1 is 1.03 bits per heavy atom. The average Bonchev–Trinajstić information content (AvgIpc) is 3.26. The van der Waals surface area contributed by atoms with Gasteiger partial charge in [-0.2, -0.15) is 0 Å². The topological polar surface area (TPSA) is 49.6 Å². The number of fused-ring (bicyclic) bond motifs is 1. The third-order valence-electron chi connectivity index (χ3n) is 7.00. The molecule has 0 atom stereocenters. The average molecular weight is 487 g/mol. The number of aromatic nitrogens is 2. The number of pyridine rings is 1. The molecule has 180 valence electrons. The number of hydrogen-bond acceptors (Lipinski definition) is 3. The van der Waals surface area contributed by atoms with Crippen molar-refractivity contribution in [3.05, 3.63) is 100.0 Å². The number of aryl methyl sites for hydroxylation is 2. The molecule has 5 rings (SSSR count). The van der Waals surface area contributed by atoms with E-state index in [1.54, 1.807) is 16.7 Å². The Hall–Kier alpha value is -3.31. The van der Waals surface area contributed by atoms with E-state index in [1.165, 1.54) is 29.7 Å². The van der Waals surface area contributed by atoms with Gasteiger partial charge in [0.05, 0.1) is 10.7 Å². The number of carbonyl (C=O) groups is 1. The molecule has 3 heterocycles. The van der Waals surface area contributed by atoms with E-state index in [9.17, 15) is 4.79 Å². The van der Waals surface area contributed by atoms with Crippen LogP contribution in [0.4, 0.5) is 5.69 Å². The minimum absolute atomic E-state index is 0.140. The van der Waals surface area contributed by atoms with Gasteiger partial charge in [0.25, 0.3) is 5.91 Å². The molecule has 1 amide bonds. The molecule has 5 nitrogen and oxygen atoms in total. The molecule has 0 radical (unpaired) electrons. The molecule has 1 saturated heterocycles. The van der Waals surface area contributed by atoms with Gasteiger partial charge in [-0.3, -0.25) is 9.20 Å². The van der Waals surface area contributed by atoms with Crippen molar-refractivity contribution in [1.82, 2.24) is 14.7 Å². The van der Waals surface area contributed by atoms with Gasteiger partial charge in [0, 0.05) is 31.5 Å². The maximum Gasteiger partial charge on any atom is 0.270 e. The SMILES string of the molecule is CCc1nc2ccc(Cl)cn2c1C(=O)NCc1ccc(N2CCC(c3ccc(C)cc3)CC2)cc1. The molecular weight excluding hydrogens is 456 g/mol. The van der Waals surface area contributed by atoms with Crippen LogP contribution in [0.1, 0.15) is 58.6 Å². The highest BCUT2D eigenvalue weighted by atomic mass is 35.5. The maximum atomic E-state index is 13.0. The van der Waals surface area contributed by atoms with Gasteiger partial charge < -0.3 is 10.2 Å². The van der Waals surface area contributed by atoms with Crippen molar-refractivity contribution < 1.29 is 4.79 Å². The number of carbonyl (C=O) groups excluding carboxylic acids is 1. The second-order valence-electron chi connectivity index (χ2n) is 9.36. The van der Waals surface area contributed by atoms with Crippen LogP contribution >= 0.6 is 11.6 Å². The lowest BCUT2D eigenvalue weighted by Gasteiger charge is -2.34. The first-order valence-electron chi connectivity index (χ1n) is 12.4. The monoisotopic (exact) mass is 486 g/mol. The summed E-state index contributed by atoms with van der Waals surface area (Å²) < 4.78 is 1.78. The summed E-state index contributed by atoms with van der Waals surface area (Å²) in [6.07, 6.45) is 4.76. The molecule has 0 spiro atoms. The molecule has 0 unspecified atom stereocenters. The maximum absolute atomic E-state index is 13.0. The first-order valence-corrected chi connectivity index (χ1v) is 12.7. The Kier molecular flexibility index (Phi) is 6.78. The fourth-order valence-corrected chi connectivity index (χ4v) is 5.12. The van der Waals surface area contributed by atoms with Crippen LogP contribution in [0.25, 0.3) is 5.65 Å². The Bertz CT molecular complexity index is 1320. The van der Waals surface area contributed by atoms with Crippen LogP contribution in [0.2, 0.25) is 5.02 Å². The van der Waals surface area contributed by atoms with Gasteiger partial charge in [-0.05, 0) is 67.5 Å². The molecule has 6 heteroatoms. The number of amides is 1. The van der Waals surface area contributed by atoms with E-state index in [0.717, 1.165) is 30.0 Å². The van der Waals surface area contributed by atoms with Crippen LogP contribution in [0, 0.1) is 6.92 Å². The van der Waals surface area contributed by atoms with Gasteiger partial charge in [0.15, 0.2) is 0 Å². The third-order valence-corrected chi connectivity index (χ3v) is 7.23.